The molecule has 1 N–H and O–H groups in total. The van der Waals surface area contributed by atoms with Gasteiger partial charge in [0.05, 0.1) is 13.2 Å². The van der Waals surface area contributed by atoms with Gasteiger partial charge in [-0.2, -0.15) is 0 Å². The molecule has 5 nitrogen and oxygen atoms in total. The highest BCUT2D eigenvalue weighted by Crippen LogP contribution is 2.17. The lowest BCUT2D eigenvalue weighted by molar-refractivity contribution is -0.133. The second-order valence-corrected chi connectivity index (χ2v) is 4.73. The number of hydrogen-bond donors (Lipinski definition) is 1. The van der Waals surface area contributed by atoms with Gasteiger partial charge in [-0.25, -0.2) is 0 Å². The molecule has 0 saturated carbocycles. The van der Waals surface area contributed by atoms with Crippen molar-refractivity contribution in [3.8, 4) is 0 Å². The van der Waals surface area contributed by atoms with Gasteiger partial charge in [0.1, 0.15) is 0 Å². The van der Waals surface area contributed by atoms with Crippen molar-refractivity contribution in [1.82, 2.24) is 4.90 Å². The quantitative estimate of drug-likeness (QED) is 0.862. The van der Waals surface area contributed by atoms with Gasteiger partial charge in [-0.3, -0.25) is 9.59 Å². The van der Waals surface area contributed by atoms with Crippen LogP contribution in [0.3, 0.4) is 0 Å². The molecule has 0 aliphatic carbocycles. The SMILES string of the molecule is COCCN(CC(=O)Nc1cccc(C)c1C)C(C)=O. The first kappa shape index (κ1) is 16.2. The molecule has 0 radical (unpaired) electrons. The fourth-order valence-electron chi connectivity index (χ4n) is 1.80. The number of anilines is 1. The van der Waals surface area contributed by atoms with Crippen molar-refractivity contribution in [1.29, 1.82) is 0 Å². The predicted octanol–water partition coefficient (Wildman–Crippen LogP) is 1.74. The van der Waals surface area contributed by atoms with E-state index in [9.17, 15) is 9.59 Å². The Balaban J connectivity index is 2.66. The highest BCUT2D eigenvalue weighted by molar-refractivity contribution is 5.95. The van der Waals surface area contributed by atoms with Crippen molar-refractivity contribution in [3.05, 3.63) is 29.3 Å². The van der Waals surface area contributed by atoms with E-state index in [0.29, 0.717) is 13.2 Å². The summed E-state index contributed by atoms with van der Waals surface area (Å²) >= 11 is 0. The van der Waals surface area contributed by atoms with Crippen LogP contribution in [0.15, 0.2) is 18.2 Å². The third-order valence-electron chi connectivity index (χ3n) is 3.22. The summed E-state index contributed by atoms with van der Waals surface area (Å²) in [6.45, 7) is 6.25. The fourth-order valence-corrected chi connectivity index (χ4v) is 1.80. The average molecular weight is 278 g/mol. The van der Waals surface area contributed by atoms with Gasteiger partial charge in [0.25, 0.3) is 0 Å². The van der Waals surface area contributed by atoms with Crippen molar-refractivity contribution < 1.29 is 14.3 Å². The summed E-state index contributed by atoms with van der Waals surface area (Å²) in [6.07, 6.45) is 0. The number of hydrogen-bond acceptors (Lipinski definition) is 3. The summed E-state index contributed by atoms with van der Waals surface area (Å²) in [7, 11) is 1.56. The molecule has 1 rings (SSSR count). The molecule has 1 aromatic rings. The van der Waals surface area contributed by atoms with E-state index in [4.69, 9.17) is 4.74 Å². The number of ether oxygens (including phenoxy) is 1. The Labute approximate surface area is 119 Å². The normalized spacial score (nSPS) is 10.2. The molecule has 0 atom stereocenters. The highest BCUT2D eigenvalue weighted by atomic mass is 16.5. The Morgan fingerprint density at radius 2 is 2.00 bits per heavy atom. The van der Waals surface area contributed by atoms with Crippen molar-refractivity contribution in [2.24, 2.45) is 0 Å². The third-order valence-corrected chi connectivity index (χ3v) is 3.22. The maximum atomic E-state index is 12.0. The first-order valence-electron chi connectivity index (χ1n) is 6.56. The molecule has 0 aliphatic rings. The van der Waals surface area contributed by atoms with Crippen LogP contribution in [0.25, 0.3) is 0 Å². The first-order valence-corrected chi connectivity index (χ1v) is 6.56. The number of rotatable bonds is 6. The molecule has 0 spiro atoms. The second kappa shape index (κ2) is 7.65. The molecule has 0 aromatic heterocycles. The zero-order chi connectivity index (χ0) is 15.1. The molecule has 2 amide bonds. The number of aryl methyl sites for hydroxylation is 1. The highest BCUT2D eigenvalue weighted by Gasteiger charge is 2.14. The van der Waals surface area contributed by atoms with E-state index in [0.717, 1.165) is 16.8 Å². The zero-order valence-corrected chi connectivity index (χ0v) is 12.5. The molecular weight excluding hydrogens is 256 g/mol. The van der Waals surface area contributed by atoms with Crippen LogP contribution in [0.1, 0.15) is 18.1 Å². The van der Waals surface area contributed by atoms with Crippen LogP contribution < -0.4 is 5.32 Å². The molecular formula is C15H22N2O3. The molecule has 0 bridgehead atoms. The molecule has 5 heteroatoms. The van der Waals surface area contributed by atoms with Crippen molar-refractivity contribution in [2.75, 3.05) is 32.1 Å². The molecule has 0 saturated heterocycles. The van der Waals surface area contributed by atoms with E-state index >= 15 is 0 Å². The Kier molecular flexibility index (Phi) is 6.18. The lowest BCUT2D eigenvalue weighted by atomic mass is 10.1. The van der Waals surface area contributed by atoms with Crippen LogP contribution in [0.4, 0.5) is 5.69 Å². The summed E-state index contributed by atoms with van der Waals surface area (Å²) in [4.78, 5) is 24.9. The Morgan fingerprint density at radius 1 is 1.30 bits per heavy atom. The number of methoxy groups -OCH3 is 1. The van der Waals surface area contributed by atoms with Crippen LogP contribution in [0.2, 0.25) is 0 Å². The maximum Gasteiger partial charge on any atom is 0.244 e. The van der Waals surface area contributed by atoms with Gasteiger partial charge in [-0.15, -0.1) is 0 Å². The fraction of sp³-hybridized carbons (Fsp3) is 0.467. The molecule has 0 aliphatic heterocycles. The summed E-state index contributed by atoms with van der Waals surface area (Å²) in [5.74, 6) is -0.344. The topological polar surface area (TPSA) is 58.6 Å². The Bertz CT molecular complexity index is 486. The standard InChI is InChI=1S/C15H22N2O3/c1-11-6-5-7-14(12(11)2)16-15(19)10-17(13(3)18)8-9-20-4/h5-7H,8-10H2,1-4H3,(H,16,19). The Morgan fingerprint density at radius 3 is 2.60 bits per heavy atom. The number of nitrogens with one attached hydrogen (secondary N) is 1. The third kappa shape index (κ3) is 4.66. The van der Waals surface area contributed by atoms with Gasteiger partial charge in [-0.1, -0.05) is 12.1 Å². The van der Waals surface area contributed by atoms with Crippen molar-refractivity contribution in [3.63, 3.8) is 0 Å². The molecule has 1 aromatic carbocycles. The molecule has 20 heavy (non-hydrogen) atoms. The smallest absolute Gasteiger partial charge is 0.244 e. The second-order valence-electron chi connectivity index (χ2n) is 4.73. The van der Waals surface area contributed by atoms with Gasteiger partial charge in [0, 0.05) is 26.3 Å². The van der Waals surface area contributed by atoms with E-state index in [1.807, 2.05) is 32.0 Å². The molecule has 0 unspecified atom stereocenters. The van der Waals surface area contributed by atoms with Crippen molar-refractivity contribution >= 4 is 17.5 Å². The van der Waals surface area contributed by atoms with Crippen LogP contribution in [-0.4, -0.2) is 43.5 Å². The maximum absolute atomic E-state index is 12.0. The number of carbonyl (C=O) groups excluding carboxylic acids is 2. The van der Waals surface area contributed by atoms with Gasteiger partial charge in [-0.05, 0) is 31.0 Å². The molecule has 110 valence electrons. The monoisotopic (exact) mass is 278 g/mol. The zero-order valence-electron chi connectivity index (χ0n) is 12.5. The number of benzene rings is 1. The minimum atomic E-state index is -0.204. The van der Waals surface area contributed by atoms with E-state index in [1.54, 1.807) is 7.11 Å². The minimum Gasteiger partial charge on any atom is -0.383 e. The molecule has 0 fully saturated rings. The summed E-state index contributed by atoms with van der Waals surface area (Å²) in [5.41, 5.74) is 2.93. The van der Waals surface area contributed by atoms with Crippen LogP contribution >= 0.6 is 0 Å². The van der Waals surface area contributed by atoms with E-state index in [1.165, 1.54) is 11.8 Å². The number of amides is 2. The van der Waals surface area contributed by atoms with Crippen LogP contribution in [0.5, 0.6) is 0 Å². The Hall–Kier alpha value is -1.88. The number of nitrogens with zero attached hydrogens (tertiary/aromatic N) is 1. The van der Waals surface area contributed by atoms with E-state index < -0.39 is 0 Å². The average Bonchev–Trinajstić information content (AvgIpc) is 2.39. The van der Waals surface area contributed by atoms with Crippen LogP contribution in [-0.2, 0) is 14.3 Å². The number of carbonyl (C=O) groups is 2. The molecule has 0 heterocycles. The van der Waals surface area contributed by atoms with Gasteiger partial charge < -0.3 is 15.0 Å². The van der Waals surface area contributed by atoms with Crippen molar-refractivity contribution in [2.45, 2.75) is 20.8 Å². The first-order chi connectivity index (χ1) is 9.45. The van der Waals surface area contributed by atoms with Gasteiger partial charge in [0.2, 0.25) is 11.8 Å². The van der Waals surface area contributed by atoms with Crippen LogP contribution in [0, 0.1) is 13.8 Å². The summed E-state index contributed by atoms with van der Waals surface area (Å²) < 4.78 is 4.93. The predicted molar refractivity (Wildman–Crippen MR) is 78.7 cm³/mol. The summed E-state index contributed by atoms with van der Waals surface area (Å²) in [6, 6.07) is 5.74. The lowest BCUT2D eigenvalue weighted by Gasteiger charge is -2.20. The summed E-state index contributed by atoms with van der Waals surface area (Å²) in [5, 5.41) is 2.84. The van der Waals surface area contributed by atoms with E-state index in [2.05, 4.69) is 5.32 Å². The minimum absolute atomic E-state index is 0.0338. The lowest BCUT2D eigenvalue weighted by Crippen LogP contribution is -2.38. The largest absolute Gasteiger partial charge is 0.383 e. The van der Waals surface area contributed by atoms with E-state index in [-0.39, 0.29) is 18.4 Å². The van der Waals surface area contributed by atoms with Gasteiger partial charge in [0.15, 0.2) is 0 Å². The van der Waals surface area contributed by atoms with Gasteiger partial charge >= 0.3 is 0 Å².